The van der Waals surface area contributed by atoms with Gasteiger partial charge in [0.2, 0.25) is 0 Å². The van der Waals surface area contributed by atoms with Crippen molar-refractivity contribution in [3.63, 3.8) is 0 Å². The van der Waals surface area contributed by atoms with E-state index in [0.29, 0.717) is 25.1 Å². The lowest BCUT2D eigenvalue weighted by Gasteiger charge is -2.04. The maximum Gasteiger partial charge on any atom is 0.315 e. The van der Waals surface area contributed by atoms with Crippen molar-refractivity contribution in [2.24, 2.45) is 0 Å². The molecule has 0 fully saturated rings. The SMILES string of the molecule is COCc1ccc(CNc2nnc([C@H]3Cc4ccccc4O3)o2)o1. The third-order valence-electron chi connectivity index (χ3n) is 3.78. The van der Waals surface area contributed by atoms with Crippen LogP contribution in [0.15, 0.2) is 45.2 Å². The number of methoxy groups -OCH3 is 1. The summed E-state index contributed by atoms with van der Waals surface area (Å²) in [6.07, 6.45) is 0.499. The Morgan fingerprint density at radius 1 is 1.12 bits per heavy atom. The topological polar surface area (TPSA) is 82.5 Å². The van der Waals surface area contributed by atoms with Crippen molar-refractivity contribution in [3.05, 3.63) is 59.4 Å². The molecule has 124 valence electrons. The van der Waals surface area contributed by atoms with Crippen LogP contribution in [0.5, 0.6) is 5.75 Å². The summed E-state index contributed by atoms with van der Waals surface area (Å²) < 4.78 is 22.1. The van der Waals surface area contributed by atoms with Crippen LogP contribution in [-0.2, 0) is 24.3 Å². The molecule has 3 heterocycles. The molecule has 7 heteroatoms. The largest absolute Gasteiger partial charge is 0.480 e. The van der Waals surface area contributed by atoms with Gasteiger partial charge in [0.25, 0.3) is 5.89 Å². The van der Waals surface area contributed by atoms with Gasteiger partial charge < -0.3 is 23.6 Å². The molecule has 0 aliphatic carbocycles. The second-order valence-electron chi connectivity index (χ2n) is 5.52. The second kappa shape index (κ2) is 6.37. The van der Waals surface area contributed by atoms with Crippen LogP contribution in [0.3, 0.4) is 0 Å². The minimum Gasteiger partial charge on any atom is -0.480 e. The summed E-state index contributed by atoms with van der Waals surface area (Å²) in [5.74, 6) is 2.88. The summed E-state index contributed by atoms with van der Waals surface area (Å²) >= 11 is 0. The summed E-state index contributed by atoms with van der Waals surface area (Å²) in [4.78, 5) is 0. The number of nitrogens with zero attached hydrogens (tertiary/aromatic N) is 2. The third kappa shape index (κ3) is 2.98. The first-order chi connectivity index (χ1) is 11.8. The van der Waals surface area contributed by atoms with Gasteiger partial charge in [-0.1, -0.05) is 23.3 Å². The molecule has 1 atom stereocenters. The Morgan fingerprint density at radius 2 is 2.00 bits per heavy atom. The van der Waals surface area contributed by atoms with E-state index in [1.54, 1.807) is 7.11 Å². The molecule has 0 saturated heterocycles. The Bertz CT molecular complexity index is 802. The Balaban J connectivity index is 1.37. The molecule has 7 nitrogen and oxygen atoms in total. The quantitative estimate of drug-likeness (QED) is 0.745. The molecule has 0 unspecified atom stereocenters. The molecule has 1 aromatic carbocycles. The highest BCUT2D eigenvalue weighted by atomic mass is 16.5. The van der Waals surface area contributed by atoms with Gasteiger partial charge in [-0.05, 0) is 23.8 Å². The van der Waals surface area contributed by atoms with E-state index in [1.807, 2.05) is 36.4 Å². The molecule has 1 aliphatic rings. The van der Waals surface area contributed by atoms with Crippen LogP contribution in [-0.4, -0.2) is 17.3 Å². The average Bonchev–Trinajstić information content (AvgIpc) is 3.32. The van der Waals surface area contributed by atoms with Gasteiger partial charge in [0.1, 0.15) is 23.9 Å². The zero-order valence-corrected chi connectivity index (χ0v) is 13.2. The zero-order valence-electron chi connectivity index (χ0n) is 13.2. The number of rotatable bonds is 6. The number of ether oxygens (including phenoxy) is 2. The van der Waals surface area contributed by atoms with Crippen molar-refractivity contribution in [1.82, 2.24) is 10.2 Å². The van der Waals surface area contributed by atoms with Crippen molar-refractivity contribution < 1.29 is 18.3 Å². The fourth-order valence-electron chi connectivity index (χ4n) is 2.66. The minimum absolute atomic E-state index is 0.234. The molecule has 0 spiro atoms. The highest BCUT2D eigenvalue weighted by molar-refractivity contribution is 5.38. The Hall–Kier alpha value is -2.80. The molecular formula is C17H17N3O4. The van der Waals surface area contributed by atoms with Crippen LogP contribution in [0.25, 0.3) is 0 Å². The first kappa shape index (κ1) is 14.8. The van der Waals surface area contributed by atoms with Crippen molar-refractivity contribution >= 4 is 6.01 Å². The fraction of sp³-hybridized carbons (Fsp3) is 0.294. The number of para-hydroxylation sites is 1. The van der Waals surface area contributed by atoms with E-state index in [1.165, 1.54) is 0 Å². The first-order valence-electron chi connectivity index (χ1n) is 7.70. The van der Waals surface area contributed by atoms with E-state index in [2.05, 4.69) is 15.5 Å². The van der Waals surface area contributed by atoms with Crippen molar-refractivity contribution in [2.75, 3.05) is 12.4 Å². The summed E-state index contributed by atoms with van der Waals surface area (Å²) in [5, 5.41) is 11.1. The van der Waals surface area contributed by atoms with Gasteiger partial charge >= 0.3 is 6.01 Å². The molecule has 0 amide bonds. The number of hydrogen-bond donors (Lipinski definition) is 1. The lowest BCUT2D eigenvalue weighted by Crippen LogP contribution is -2.03. The second-order valence-corrected chi connectivity index (χ2v) is 5.52. The van der Waals surface area contributed by atoms with Gasteiger partial charge in [0.05, 0.1) is 6.54 Å². The summed E-state index contributed by atoms with van der Waals surface area (Å²) in [5.41, 5.74) is 1.15. The van der Waals surface area contributed by atoms with Gasteiger partial charge in [-0.2, -0.15) is 0 Å². The van der Waals surface area contributed by atoms with Crippen LogP contribution >= 0.6 is 0 Å². The van der Waals surface area contributed by atoms with Crippen LogP contribution in [0.1, 0.15) is 29.1 Å². The molecule has 3 aromatic rings. The molecule has 0 radical (unpaired) electrons. The summed E-state index contributed by atoms with van der Waals surface area (Å²) in [6, 6.07) is 12.0. The van der Waals surface area contributed by atoms with Gasteiger partial charge in [-0.3, -0.25) is 0 Å². The van der Waals surface area contributed by atoms with E-state index in [0.717, 1.165) is 29.3 Å². The van der Waals surface area contributed by atoms with E-state index in [-0.39, 0.29) is 6.10 Å². The summed E-state index contributed by atoms with van der Waals surface area (Å²) in [7, 11) is 1.63. The minimum atomic E-state index is -0.234. The van der Waals surface area contributed by atoms with Gasteiger partial charge in [0, 0.05) is 13.5 Å². The normalized spacial score (nSPS) is 16.0. The number of nitrogens with one attached hydrogen (secondary N) is 1. The smallest absolute Gasteiger partial charge is 0.315 e. The van der Waals surface area contributed by atoms with Crippen LogP contribution in [0, 0.1) is 0 Å². The van der Waals surface area contributed by atoms with E-state index >= 15 is 0 Å². The first-order valence-corrected chi connectivity index (χ1v) is 7.70. The van der Waals surface area contributed by atoms with Gasteiger partial charge in [-0.15, -0.1) is 5.10 Å². The fourth-order valence-corrected chi connectivity index (χ4v) is 2.66. The molecule has 24 heavy (non-hydrogen) atoms. The van der Waals surface area contributed by atoms with Crippen molar-refractivity contribution in [3.8, 4) is 5.75 Å². The van der Waals surface area contributed by atoms with Crippen LogP contribution in [0.4, 0.5) is 6.01 Å². The molecular weight excluding hydrogens is 310 g/mol. The van der Waals surface area contributed by atoms with Crippen molar-refractivity contribution in [2.45, 2.75) is 25.7 Å². The highest BCUT2D eigenvalue weighted by Crippen LogP contribution is 2.36. The maximum absolute atomic E-state index is 5.84. The van der Waals surface area contributed by atoms with Crippen molar-refractivity contribution in [1.29, 1.82) is 0 Å². The highest BCUT2D eigenvalue weighted by Gasteiger charge is 2.28. The van der Waals surface area contributed by atoms with E-state index in [4.69, 9.17) is 18.3 Å². The zero-order chi connectivity index (χ0) is 16.4. The Morgan fingerprint density at radius 3 is 2.88 bits per heavy atom. The molecule has 2 aromatic heterocycles. The lowest BCUT2D eigenvalue weighted by molar-refractivity contribution is 0.163. The molecule has 0 bridgehead atoms. The number of benzene rings is 1. The van der Waals surface area contributed by atoms with Gasteiger partial charge in [-0.25, -0.2) is 0 Å². The van der Waals surface area contributed by atoms with E-state index < -0.39 is 0 Å². The average molecular weight is 327 g/mol. The summed E-state index contributed by atoms with van der Waals surface area (Å²) in [6.45, 7) is 0.904. The number of furan rings is 1. The Labute approximate surface area is 138 Å². The predicted octanol–water partition coefficient (Wildman–Crippen LogP) is 3.10. The predicted molar refractivity (Wildman–Crippen MR) is 84.6 cm³/mol. The molecule has 0 saturated carbocycles. The van der Waals surface area contributed by atoms with Gasteiger partial charge in [0.15, 0.2) is 6.10 Å². The number of anilines is 1. The maximum atomic E-state index is 5.84. The number of aromatic nitrogens is 2. The molecule has 1 aliphatic heterocycles. The Kier molecular flexibility index (Phi) is 3.92. The lowest BCUT2D eigenvalue weighted by atomic mass is 10.1. The number of hydrogen-bond acceptors (Lipinski definition) is 7. The molecule has 1 N–H and O–H groups in total. The van der Waals surface area contributed by atoms with E-state index in [9.17, 15) is 0 Å². The monoisotopic (exact) mass is 327 g/mol. The number of fused-ring (bicyclic) bond motifs is 1. The molecule has 4 rings (SSSR count). The van der Waals surface area contributed by atoms with Crippen LogP contribution in [0.2, 0.25) is 0 Å². The van der Waals surface area contributed by atoms with Crippen LogP contribution < -0.4 is 10.1 Å². The third-order valence-corrected chi connectivity index (χ3v) is 3.78. The standard InChI is InChI=1S/C17H17N3O4/c1-21-10-13-7-6-12(22-13)9-18-17-20-19-16(24-17)15-8-11-4-2-3-5-14(11)23-15/h2-7,15H,8-10H2,1H3,(H,18,20)/t15-/m1/s1.